The number of hydrogen-bond donors (Lipinski definition) is 2. The van der Waals surface area contributed by atoms with E-state index in [1.54, 1.807) is 0 Å². The summed E-state index contributed by atoms with van der Waals surface area (Å²) in [4.78, 5) is 2.24. The fourth-order valence-electron chi connectivity index (χ4n) is 1.66. The molecule has 1 aromatic carbocycles. The average Bonchev–Trinajstić information content (AvgIpc) is 2.30. The number of nitrogens with two attached hydrogens (primary N) is 1. The molecule has 0 aliphatic rings. The molecular weight excluding hydrogens is 234 g/mol. The summed E-state index contributed by atoms with van der Waals surface area (Å²) in [5.41, 5.74) is 6.61. The number of rotatable bonds is 6. The van der Waals surface area contributed by atoms with Gasteiger partial charge in [-0.15, -0.1) is 0 Å². The van der Waals surface area contributed by atoms with E-state index in [-0.39, 0.29) is 11.8 Å². The minimum atomic E-state index is 0.0810. The van der Waals surface area contributed by atoms with Crippen molar-refractivity contribution in [3.8, 4) is 0 Å². The van der Waals surface area contributed by atoms with Crippen LogP contribution in [0.3, 0.4) is 0 Å². The van der Waals surface area contributed by atoms with Crippen molar-refractivity contribution in [3.05, 3.63) is 34.9 Å². The second kappa shape index (κ2) is 6.62. The molecule has 1 rings (SSSR count). The maximum atomic E-state index is 7.42. The molecule has 1 atom stereocenters. The van der Waals surface area contributed by atoms with Gasteiger partial charge in [0.25, 0.3) is 0 Å². The summed E-state index contributed by atoms with van der Waals surface area (Å²) in [6, 6.07) is 7.85. The molecule has 0 heterocycles. The molecule has 0 saturated carbocycles. The smallest absolute Gasteiger partial charge is 0.0947 e. The lowest BCUT2D eigenvalue weighted by molar-refractivity contribution is 0.263. The first kappa shape index (κ1) is 14.0. The van der Waals surface area contributed by atoms with Gasteiger partial charge in [0.15, 0.2) is 0 Å². The first-order chi connectivity index (χ1) is 8.04. The third kappa shape index (κ3) is 4.36. The number of amidine groups is 1. The van der Waals surface area contributed by atoms with Gasteiger partial charge in [-0.05, 0) is 18.2 Å². The Morgan fingerprint density at radius 1 is 1.47 bits per heavy atom. The summed E-state index contributed by atoms with van der Waals surface area (Å²) in [6.07, 6.45) is 0. The molecule has 0 bridgehead atoms. The fraction of sp³-hybridized carbons (Fsp3) is 0.462. The van der Waals surface area contributed by atoms with E-state index in [4.69, 9.17) is 22.7 Å². The molecule has 0 saturated heterocycles. The van der Waals surface area contributed by atoms with Crippen LogP contribution in [0.5, 0.6) is 0 Å². The number of halogens is 1. The van der Waals surface area contributed by atoms with Gasteiger partial charge in [-0.3, -0.25) is 10.3 Å². The first-order valence-corrected chi connectivity index (χ1v) is 6.22. The molecule has 94 valence electrons. The Morgan fingerprint density at radius 2 is 2.12 bits per heavy atom. The molecule has 1 aromatic rings. The predicted octanol–water partition coefficient (Wildman–Crippen LogP) is 2.73. The van der Waals surface area contributed by atoms with Crippen LogP contribution in [0, 0.1) is 11.3 Å². The van der Waals surface area contributed by atoms with Gasteiger partial charge in [0.1, 0.15) is 0 Å². The number of nitrogens with one attached hydrogen (secondary N) is 1. The van der Waals surface area contributed by atoms with E-state index in [1.165, 1.54) is 0 Å². The zero-order chi connectivity index (χ0) is 12.8. The normalized spacial score (nSPS) is 12.7. The highest BCUT2D eigenvalue weighted by Gasteiger charge is 2.12. The summed E-state index contributed by atoms with van der Waals surface area (Å²) in [7, 11) is 0. The topological polar surface area (TPSA) is 53.1 Å². The first-order valence-electron chi connectivity index (χ1n) is 5.84. The maximum absolute atomic E-state index is 7.42. The molecular formula is C13H20ClN3. The van der Waals surface area contributed by atoms with Gasteiger partial charge >= 0.3 is 0 Å². The van der Waals surface area contributed by atoms with Crippen LogP contribution in [-0.2, 0) is 6.54 Å². The Bertz CT molecular complexity index is 379. The zero-order valence-electron chi connectivity index (χ0n) is 10.4. The lowest BCUT2D eigenvalue weighted by Gasteiger charge is -2.24. The van der Waals surface area contributed by atoms with E-state index in [9.17, 15) is 0 Å². The van der Waals surface area contributed by atoms with Gasteiger partial charge in [0.2, 0.25) is 0 Å². The van der Waals surface area contributed by atoms with Crippen molar-refractivity contribution in [1.29, 1.82) is 5.41 Å². The Labute approximate surface area is 108 Å². The van der Waals surface area contributed by atoms with Crippen molar-refractivity contribution >= 4 is 17.4 Å². The lowest BCUT2D eigenvalue weighted by Crippen LogP contribution is -2.34. The summed E-state index contributed by atoms with van der Waals surface area (Å²) < 4.78 is 0. The second-order valence-electron chi connectivity index (χ2n) is 4.28. The third-order valence-corrected chi connectivity index (χ3v) is 3.23. The standard InChI is InChI=1S/C13H20ClN3/c1-3-17(8-10(2)13(15)16)9-11-6-4-5-7-12(11)14/h4-7,10H,3,8-9H2,1-2H3,(H3,15,16). The summed E-state index contributed by atoms with van der Waals surface area (Å²) >= 11 is 6.13. The quantitative estimate of drug-likeness (QED) is 0.605. The van der Waals surface area contributed by atoms with Crippen molar-refractivity contribution in [2.45, 2.75) is 20.4 Å². The van der Waals surface area contributed by atoms with Crippen LogP contribution < -0.4 is 5.73 Å². The molecule has 0 aliphatic carbocycles. The minimum Gasteiger partial charge on any atom is -0.387 e. The molecule has 3 nitrogen and oxygen atoms in total. The average molecular weight is 254 g/mol. The van der Waals surface area contributed by atoms with Gasteiger partial charge in [-0.25, -0.2) is 0 Å². The van der Waals surface area contributed by atoms with Crippen LogP contribution in [0.25, 0.3) is 0 Å². The second-order valence-corrected chi connectivity index (χ2v) is 4.68. The molecule has 4 heteroatoms. The molecule has 0 radical (unpaired) electrons. The van der Waals surface area contributed by atoms with Gasteiger partial charge in [-0.2, -0.15) is 0 Å². The van der Waals surface area contributed by atoms with Gasteiger partial charge in [0, 0.05) is 24.0 Å². The van der Waals surface area contributed by atoms with Crippen LogP contribution in [0.4, 0.5) is 0 Å². The van der Waals surface area contributed by atoms with E-state index < -0.39 is 0 Å². The Balaban J connectivity index is 2.64. The maximum Gasteiger partial charge on any atom is 0.0947 e. The molecule has 17 heavy (non-hydrogen) atoms. The highest BCUT2D eigenvalue weighted by molar-refractivity contribution is 6.31. The summed E-state index contributed by atoms with van der Waals surface area (Å²) in [5.74, 6) is 0.319. The van der Waals surface area contributed by atoms with Crippen LogP contribution in [0.15, 0.2) is 24.3 Å². The third-order valence-electron chi connectivity index (χ3n) is 2.86. The molecule has 0 amide bonds. The predicted molar refractivity (Wildman–Crippen MR) is 73.5 cm³/mol. The highest BCUT2D eigenvalue weighted by Crippen LogP contribution is 2.17. The SMILES string of the molecule is CCN(Cc1ccccc1Cl)CC(C)C(=N)N. The number of benzene rings is 1. The van der Waals surface area contributed by atoms with Crippen LogP contribution in [0.1, 0.15) is 19.4 Å². The zero-order valence-corrected chi connectivity index (χ0v) is 11.2. The van der Waals surface area contributed by atoms with Crippen LogP contribution in [0.2, 0.25) is 5.02 Å². The van der Waals surface area contributed by atoms with Gasteiger partial charge in [-0.1, -0.05) is 43.6 Å². The molecule has 0 aliphatic heterocycles. The van der Waals surface area contributed by atoms with Gasteiger partial charge < -0.3 is 5.73 Å². The van der Waals surface area contributed by atoms with Crippen LogP contribution in [-0.4, -0.2) is 23.8 Å². The minimum absolute atomic E-state index is 0.0810. The van der Waals surface area contributed by atoms with E-state index >= 15 is 0 Å². The summed E-state index contributed by atoms with van der Waals surface area (Å²) in [6.45, 7) is 6.58. The number of nitrogens with zero attached hydrogens (tertiary/aromatic N) is 1. The molecule has 3 N–H and O–H groups in total. The molecule has 1 unspecified atom stereocenters. The largest absolute Gasteiger partial charge is 0.387 e. The van der Waals surface area contributed by atoms with Gasteiger partial charge in [0.05, 0.1) is 5.84 Å². The van der Waals surface area contributed by atoms with E-state index in [0.717, 1.165) is 30.2 Å². The molecule has 0 spiro atoms. The van der Waals surface area contributed by atoms with Crippen molar-refractivity contribution < 1.29 is 0 Å². The highest BCUT2D eigenvalue weighted by atomic mass is 35.5. The number of hydrogen-bond acceptors (Lipinski definition) is 2. The van der Waals surface area contributed by atoms with Crippen molar-refractivity contribution in [3.63, 3.8) is 0 Å². The lowest BCUT2D eigenvalue weighted by atomic mass is 10.1. The van der Waals surface area contributed by atoms with Crippen molar-refractivity contribution in [2.24, 2.45) is 11.7 Å². The monoisotopic (exact) mass is 253 g/mol. The van der Waals surface area contributed by atoms with E-state index in [0.29, 0.717) is 0 Å². The summed E-state index contributed by atoms with van der Waals surface area (Å²) in [5, 5.41) is 8.21. The Morgan fingerprint density at radius 3 is 2.65 bits per heavy atom. The fourth-order valence-corrected chi connectivity index (χ4v) is 1.85. The Hall–Kier alpha value is -1.06. The van der Waals surface area contributed by atoms with Crippen molar-refractivity contribution in [1.82, 2.24) is 4.90 Å². The Kier molecular flexibility index (Phi) is 5.45. The molecule has 0 aromatic heterocycles. The van der Waals surface area contributed by atoms with Crippen LogP contribution >= 0.6 is 11.6 Å². The van der Waals surface area contributed by atoms with E-state index in [1.807, 2.05) is 31.2 Å². The molecule has 0 fully saturated rings. The van der Waals surface area contributed by atoms with E-state index in [2.05, 4.69) is 11.8 Å². The van der Waals surface area contributed by atoms with Crippen molar-refractivity contribution in [2.75, 3.05) is 13.1 Å².